The van der Waals surface area contributed by atoms with Gasteiger partial charge in [0, 0.05) is 33.9 Å². The number of ether oxygens (including phenoxy) is 1. The minimum Gasteiger partial charge on any atom is -0.385 e. The SMILES string of the molecule is COCCC1CCN(C(=O)CN(C)C(=O)Cc2cccc(C)c2)CC1. The largest absolute Gasteiger partial charge is 0.385 e. The fourth-order valence-corrected chi connectivity index (χ4v) is 3.28. The molecule has 5 heteroatoms. The maximum absolute atomic E-state index is 12.4. The first kappa shape index (κ1) is 19.4. The Hall–Kier alpha value is -1.88. The maximum Gasteiger partial charge on any atom is 0.242 e. The Morgan fingerprint density at radius 3 is 2.64 bits per heavy atom. The van der Waals surface area contributed by atoms with Gasteiger partial charge in [-0.3, -0.25) is 9.59 Å². The third-order valence-electron chi connectivity index (χ3n) is 4.93. The number of piperidine rings is 1. The van der Waals surface area contributed by atoms with Gasteiger partial charge in [0.1, 0.15) is 0 Å². The van der Waals surface area contributed by atoms with Gasteiger partial charge in [0.05, 0.1) is 13.0 Å². The molecule has 2 amide bonds. The standard InChI is InChI=1S/C20H30N2O3/c1-16-5-4-6-18(13-16)14-19(23)21(2)15-20(24)22-10-7-17(8-11-22)9-12-25-3/h4-6,13,17H,7-12,14-15H2,1-3H3. The van der Waals surface area contributed by atoms with Crippen LogP contribution < -0.4 is 0 Å². The highest BCUT2D eigenvalue weighted by Crippen LogP contribution is 2.20. The molecule has 5 nitrogen and oxygen atoms in total. The molecule has 0 aliphatic carbocycles. The van der Waals surface area contributed by atoms with Gasteiger partial charge in [-0.05, 0) is 37.7 Å². The molecule has 1 aromatic rings. The van der Waals surface area contributed by atoms with E-state index < -0.39 is 0 Å². The van der Waals surface area contributed by atoms with Crippen LogP contribution in [-0.2, 0) is 20.7 Å². The molecule has 0 N–H and O–H groups in total. The third-order valence-corrected chi connectivity index (χ3v) is 4.93. The predicted molar refractivity (Wildman–Crippen MR) is 98.3 cm³/mol. The van der Waals surface area contributed by atoms with Crippen molar-refractivity contribution in [2.45, 2.75) is 32.6 Å². The van der Waals surface area contributed by atoms with Crippen LogP contribution in [0.15, 0.2) is 24.3 Å². The average molecular weight is 346 g/mol. The number of aryl methyl sites for hydroxylation is 1. The summed E-state index contributed by atoms with van der Waals surface area (Å²) >= 11 is 0. The zero-order valence-electron chi connectivity index (χ0n) is 15.7. The number of carbonyl (C=O) groups is 2. The highest BCUT2D eigenvalue weighted by molar-refractivity contribution is 5.85. The zero-order valence-corrected chi connectivity index (χ0v) is 15.7. The summed E-state index contributed by atoms with van der Waals surface area (Å²) in [7, 11) is 3.43. The molecule has 1 aliphatic heterocycles. The fourth-order valence-electron chi connectivity index (χ4n) is 3.28. The van der Waals surface area contributed by atoms with Crippen LogP contribution in [-0.4, -0.2) is 62.0 Å². The Labute approximate surface area is 150 Å². The molecule has 0 radical (unpaired) electrons. The van der Waals surface area contributed by atoms with Gasteiger partial charge in [0.2, 0.25) is 11.8 Å². The summed E-state index contributed by atoms with van der Waals surface area (Å²) in [6, 6.07) is 7.93. The van der Waals surface area contributed by atoms with Crippen LogP contribution in [0.2, 0.25) is 0 Å². The number of hydrogen-bond donors (Lipinski definition) is 0. The van der Waals surface area contributed by atoms with E-state index in [1.165, 1.54) is 0 Å². The number of nitrogens with zero attached hydrogens (tertiary/aromatic N) is 2. The van der Waals surface area contributed by atoms with Gasteiger partial charge >= 0.3 is 0 Å². The molecule has 138 valence electrons. The van der Waals surface area contributed by atoms with Gasteiger partial charge in [-0.15, -0.1) is 0 Å². The lowest BCUT2D eigenvalue weighted by molar-refractivity contribution is -0.140. The molecule has 0 saturated carbocycles. The van der Waals surface area contributed by atoms with Crippen molar-refractivity contribution < 1.29 is 14.3 Å². The maximum atomic E-state index is 12.4. The Bertz CT molecular complexity index is 580. The summed E-state index contributed by atoms with van der Waals surface area (Å²) in [5, 5.41) is 0. The van der Waals surface area contributed by atoms with E-state index in [9.17, 15) is 9.59 Å². The molecule has 1 aliphatic rings. The van der Waals surface area contributed by atoms with E-state index >= 15 is 0 Å². The lowest BCUT2D eigenvalue weighted by Gasteiger charge is -2.33. The molecule has 0 aromatic heterocycles. The number of likely N-dealkylation sites (N-methyl/N-ethyl adjacent to an activating group) is 1. The Morgan fingerprint density at radius 2 is 2.00 bits per heavy atom. The van der Waals surface area contributed by atoms with Crippen LogP contribution in [0.5, 0.6) is 0 Å². The number of hydrogen-bond acceptors (Lipinski definition) is 3. The molecular weight excluding hydrogens is 316 g/mol. The van der Waals surface area contributed by atoms with Crippen LogP contribution in [0.3, 0.4) is 0 Å². The van der Waals surface area contributed by atoms with Crippen molar-refractivity contribution in [2.24, 2.45) is 5.92 Å². The number of carbonyl (C=O) groups excluding carboxylic acids is 2. The second-order valence-electron chi connectivity index (χ2n) is 7.02. The average Bonchev–Trinajstić information content (AvgIpc) is 2.60. The quantitative estimate of drug-likeness (QED) is 0.761. The van der Waals surface area contributed by atoms with E-state index in [2.05, 4.69) is 0 Å². The number of amides is 2. The summed E-state index contributed by atoms with van der Waals surface area (Å²) in [6.07, 6.45) is 3.45. The predicted octanol–water partition coefficient (Wildman–Crippen LogP) is 2.27. The van der Waals surface area contributed by atoms with Crippen molar-refractivity contribution in [2.75, 3.05) is 40.4 Å². The van der Waals surface area contributed by atoms with Gasteiger partial charge in [-0.25, -0.2) is 0 Å². The van der Waals surface area contributed by atoms with E-state index in [4.69, 9.17) is 4.74 Å². The van der Waals surface area contributed by atoms with Gasteiger partial charge in [0.15, 0.2) is 0 Å². The minimum atomic E-state index is -0.0195. The molecule has 0 bridgehead atoms. The number of methoxy groups -OCH3 is 1. The summed E-state index contributed by atoms with van der Waals surface area (Å²) in [5.41, 5.74) is 2.13. The van der Waals surface area contributed by atoms with E-state index in [0.29, 0.717) is 12.3 Å². The normalized spacial score (nSPS) is 15.2. The number of rotatable bonds is 7. The minimum absolute atomic E-state index is 0.0195. The molecule has 1 saturated heterocycles. The molecule has 2 rings (SSSR count). The number of likely N-dealkylation sites (tertiary alicyclic amines) is 1. The lowest BCUT2D eigenvalue weighted by atomic mass is 9.94. The van der Waals surface area contributed by atoms with Gasteiger partial charge in [-0.2, -0.15) is 0 Å². The van der Waals surface area contributed by atoms with Gasteiger partial charge in [-0.1, -0.05) is 29.8 Å². The third kappa shape index (κ3) is 6.16. The molecule has 25 heavy (non-hydrogen) atoms. The van der Waals surface area contributed by atoms with Crippen molar-refractivity contribution in [3.8, 4) is 0 Å². The zero-order chi connectivity index (χ0) is 18.2. The second kappa shape index (κ2) is 9.56. The molecule has 0 atom stereocenters. The summed E-state index contributed by atoms with van der Waals surface area (Å²) in [6.45, 7) is 4.53. The van der Waals surface area contributed by atoms with Gasteiger partial charge in [0.25, 0.3) is 0 Å². The van der Waals surface area contributed by atoms with E-state index in [1.807, 2.05) is 36.1 Å². The number of benzene rings is 1. The first-order valence-corrected chi connectivity index (χ1v) is 9.06. The summed E-state index contributed by atoms with van der Waals surface area (Å²) < 4.78 is 5.13. The Morgan fingerprint density at radius 1 is 1.28 bits per heavy atom. The van der Waals surface area contributed by atoms with Crippen LogP contribution in [0, 0.1) is 12.8 Å². The van der Waals surface area contributed by atoms with Gasteiger partial charge < -0.3 is 14.5 Å². The van der Waals surface area contributed by atoms with Crippen LogP contribution >= 0.6 is 0 Å². The molecule has 1 heterocycles. The van der Waals surface area contributed by atoms with Crippen molar-refractivity contribution in [3.05, 3.63) is 35.4 Å². The molecule has 0 unspecified atom stereocenters. The smallest absolute Gasteiger partial charge is 0.242 e. The van der Waals surface area contributed by atoms with Crippen LogP contribution in [0.1, 0.15) is 30.4 Å². The highest BCUT2D eigenvalue weighted by atomic mass is 16.5. The van der Waals surface area contributed by atoms with Crippen LogP contribution in [0.25, 0.3) is 0 Å². The molecular formula is C20H30N2O3. The second-order valence-corrected chi connectivity index (χ2v) is 7.02. The molecule has 0 spiro atoms. The first-order valence-electron chi connectivity index (χ1n) is 9.06. The Kier molecular flexibility index (Phi) is 7.44. The van der Waals surface area contributed by atoms with Crippen LogP contribution in [0.4, 0.5) is 0 Å². The molecule has 1 fully saturated rings. The molecule has 1 aromatic carbocycles. The monoisotopic (exact) mass is 346 g/mol. The van der Waals surface area contributed by atoms with Crippen molar-refractivity contribution >= 4 is 11.8 Å². The topological polar surface area (TPSA) is 49.9 Å². The van der Waals surface area contributed by atoms with Crippen molar-refractivity contribution in [1.82, 2.24) is 9.80 Å². The summed E-state index contributed by atoms with van der Waals surface area (Å²) in [5.74, 6) is 0.670. The van der Waals surface area contributed by atoms with E-state index in [1.54, 1.807) is 19.1 Å². The van der Waals surface area contributed by atoms with Crippen molar-refractivity contribution in [3.63, 3.8) is 0 Å². The Balaban J connectivity index is 1.77. The van der Waals surface area contributed by atoms with E-state index in [0.717, 1.165) is 50.1 Å². The fraction of sp³-hybridized carbons (Fsp3) is 0.600. The lowest BCUT2D eigenvalue weighted by Crippen LogP contribution is -2.45. The van der Waals surface area contributed by atoms with E-state index in [-0.39, 0.29) is 18.4 Å². The first-order chi connectivity index (χ1) is 12.0. The highest BCUT2D eigenvalue weighted by Gasteiger charge is 2.24. The summed E-state index contributed by atoms with van der Waals surface area (Å²) in [4.78, 5) is 28.2. The van der Waals surface area contributed by atoms with Crippen molar-refractivity contribution in [1.29, 1.82) is 0 Å².